The van der Waals surface area contributed by atoms with Crippen molar-refractivity contribution in [3.8, 4) is 28.8 Å². The molecule has 0 spiro atoms. The lowest BCUT2D eigenvalue weighted by Gasteiger charge is -2.39. The highest BCUT2D eigenvalue weighted by Crippen LogP contribution is 2.29. The number of amides is 2. The lowest BCUT2D eigenvalue weighted by atomic mass is 10.2. The summed E-state index contributed by atoms with van der Waals surface area (Å²) in [5.74, 6) is 2.57. The van der Waals surface area contributed by atoms with Gasteiger partial charge in [0.25, 0.3) is 5.91 Å². The number of carbonyl (C=O) groups excluding carboxylic acids is 2. The van der Waals surface area contributed by atoms with Crippen LogP contribution in [0.3, 0.4) is 0 Å². The molecule has 1 unspecified atom stereocenters. The number of nitrogens with zero attached hydrogens (tertiary/aromatic N) is 5. The van der Waals surface area contributed by atoms with Gasteiger partial charge >= 0.3 is 0 Å². The molecule has 11 heteroatoms. The Morgan fingerprint density at radius 1 is 0.974 bits per heavy atom. The predicted octanol–water partition coefficient (Wildman–Crippen LogP) is 3.77. The van der Waals surface area contributed by atoms with Gasteiger partial charge < -0.3 is 23.7 Å². The number of hydrogen-bond acceptors (Lipinski definition) is 8. The number of piperazine rings is 1. The van der Waals surface area contributed by atoms with Crippen molar-refractivity contribution in [3.05, 3.63) is 73.0 Å². The first-order valence-corrected chi connectivity index (χ1v) is 13.5. The van der Waals surface area contributed by atoms with Gasteiger partial charge in [0.05, 0.1) is 24.8 Å². The molecule has 39 heavy (non-hydrogen) atoms. The topological polar surface area (TPSA) is 103 Å². The van der Waals surface area contributed by atoms with Crippen LogP contribution in [0.1, 0.15) is 6.92 Å². The number of aromatic nitrogens is 3. The van der Waals surface area contributed by atoms with Crippen molar-refractivity contribution < 1.29 is 23.5 Å². The summed E-state index contributed by atoms with van der Waals surface area (Å²) >= 11 is 1.31. The Bertz CT molecular complexity index is 1390. The molecule has 4 aromatic rings. The Labute approximate surface area is 230 Å². The van der Waals surface area contributed by atoms with Crippen molar-refractivity contribution in [2.75, 3.05) is 39.1 Å². The van der Waals surface area contributed by atoms with E-state index in [1.165, 1.54) is 11.8 Å². The van der Waals surface area contributed by atoms with Crippen LogP contribution in [0.15, 0.2) is 82.6 Å². The molecule has 10 nitrogen and oxygen atoms in total. The SMILES string of the molecule is COc1ccc(-n2c(SCC(=O)N3CCN(C(=O)COc4ccccc4)C(C)C3)nnc2-c2ccco2)cc1. The van der Waals surface area contributed by atoms with Gasteiger partial charge in [-0.05, 0) is 55.5 Å². The van der Waals surface area contributed by atoms with Crippen molar-refractivity contribution in [2.24, 2.45) is 0 Å². The van der Waals surface area contributed by atoms with Gasteiger partial charge in [0.2, 0.25) is 11.7 Å². The minimum Gasteiger partial charge on any atom is -0.497 e. The van der Waals surface area contributed by atoms with E-state index in [0.717, 1.165) is 11.4 Å². The molecule has 0 N–H and O–H groups in total. The van der Waals surface area contributed by atoms with E-state index < -0.39 is 0 Å². The van der Waals surface area contributed by atoms with Crippen LogP contribution in [0.4, 0.5) is 0 Å². The summed E-state index contributed by atoms with van der Waals surface area (Å²) in [6.07, 6.45) is 1.58. The molecule has 202 valence electrons. The van der Waals surface area contributed by atoms with Gasteiger partial charge in [-0.15, -0.1) is 10.2 Å². The van der Waals surface area contributed by atoms with Crippen molar-refractivity contribution in [1.82, 2.24) is 24.6 Å². The second-order valence-corrected chi connectivity index (χ2v) is 9.93. The summed E-state index contributed by atoms with van der Waals surface area (Å²) in [7, 11) is 1.62. The van der Waals surface area contributed by atoms with Crippen molar-refractivity contribution in [1.29, 1.82) is 0 Å². The molecule has 2 amide bonds. The van der Waals surface area contributed by atoms with E-state index in [1.54, 1.807) is 29.2 Å². The van der Waals surface area contributed by atoms with E-state index in [4.69, 9.17) is 13.9 Å². The summed E-state index contributed by atoms with van der Waals surface area (Å²) in [6, 6.07) is 20.3. The fraction of sp³-hybridized carbons (Fsp3) is 0.286. The number of hydrogen-bond donors (Lipinski definition) is 0. The fourth-order valence-corrected chi connectivity index (χ4v) is 5.26. The van der Waals surface area contributed by atoms with Crippen LogP contribution in [-0.4, -0.2) is 81.5 Å². The molecule has 1 aliphatic rings. The van der Waals surface area contributed by atoms with Crippen LogP contribution in [-0.2, 0) is 9.59 Å². The molecular weight excluding hydrogens is 518 g/mol. The first kappa shape index (κ1) is 26.4. The molecule has 2 aromatic heterocycles. The van der Waals surface area contributed by atoms with Gasteiger partial charge in [-0.3, -0.25) is 14.2 Å². The summed E-state index contributed by atoms with van der Waals surface area (Å²) in [5, 5.41) is 9.26. The maximum absolute atomic E-state index is 13.2. The molecule has 1 saturated heterocycles. The fourth-order valence-electron chi connectivity index (χ4n) is 4.41. The molecule has 1 aliphatic heterocycles. The van der Waals surface area contributed by atoms with Gasteiger partial charge in [0.15, 0.2) is 17.5 Å². The monoisotopic (exact) mass is 547 g/mol. The first-order chi connectivity index (χ1) is 19.0. The zero-order valence-corrected chi connectivity index (χ0v) is 22.5. The Balaban J connectivity index is 1.21. The highest BCUT2D eigenvalue weighted by atomic mass is 32.2. The largest absolute Gasteiger partial charge is 0.497 e. The van der Waals surface area contributed by atoms with Gasteiger partial charge in [-0.25, -0.2) is 0 Å². The van der Waals surface area contributed by atoms with Gasteiger partial charge in [0, 0.05) is 25.7 Å². The second-order valence-electron chi connectivity index (χ2n) is 8.98. The number of ether oxygens (including phenoxy) is 2. The van der Waals surface area contributed by atoms with Gasteiger partial charge in [-0.1, -0.05) is 30.0 Å². The van der Waals surface area contributed by atoms with E-state index in [9.17, 15) is 9.59 Å². The summed E-state index contributed by atoms with van der Waals surface area (Å²) < 4.78 is 18.3. The third kappa shape index (κ3) is 6.09. The van der Waals surface area contributed by atoms with E-state index in [0.29, 0.717) is 42.1 Å². The average Bonchev–Trinajstić information content (AvgIpc) is 3.65. The Morgan fingerprint density at radius 2 is 1.77 bits per heavy atom. The van der Waals surface area contributed by atoms with Crippen LogP contribution < -0.4 is 9.47 Å². The van der Waals surface area contributed by atoms with Crippen LogP contribution in [0.25, 0.3) is 17.3 Å². The summed E-state index contributed by atoms with van der Waals surface area (Å²) in [4.78, 5) is 29.5. The van der Waals surface area contributed by atoms with Crippen molar-refractivity contribution in [3.63, 3.8) is 0 Å². The number of rotatable bonds is 9. The Kier molecular flexibility index (Phi) is 8.16. The summed E-state index contributed by atoms with van der Waals surface area (Å²) in [6.45, 7) is 3.29. The lowest BCUT2D eigenvalue weighted by Crippen LogP contribution is -2.56. The number of para-hydroxylation sites is 1. The normalized spacial score (nSPS) is 15.3. The molecule has 2 aromatic carbocycles. The van der Waals surface area contributed by atoms with E-state index in [2.05, 4.69) is 10.2 Å². The third-order valence-electron chi connectivity index (χ3n) is 6.44. The Hall–Kier alpha value is -4.25. The zero-order chi connectivity index (χ0) is 27.2. The number of thioether (sulfide) groups is 1. The van der Waals surface area contributed by atoms with Crippen molar-refractivity contribution >= 4 is 23.6 Å². The first-order valence-electron chi connectivity index (χ1n) is 12.5. The highest BCUT2D eigenvalue weighted by Gasteiger charge is 2.30. The molecule has 1 fully saturated rings. The number of furan rings is 1. The maximum Gasteiger partial charge on any atom is 0.260 e. The quantitative estimate of drug-likeness (QED) is 0.292. The third-order valence-corrected chi connectivity index (χ3v) is 7.35. The smallest absolute Gasteiger partial charge is 0.260 e. The highest BCUT2D eigenvalue weighted by molar-refractivity contribution is 7.99. The zero-order valence-electron chi connectivity index (χ0n) is 21.7. The second kappa shape index (κ2) is 12.1. The van der Waals surface area contributed by atoms with E-state index in [1.807, 2.05) is 72.2 Å². The predicted molar refractivity (Wildman–Crippen MR) is 146 cm³/mol. The van der Waals surface area contributed by atoms with Crippen LogP contribution in [0.2, 0.25) is 0 Å². The summed E-state index contributed by atoms with van der Waals surface area (Å²) in [5.41, 5.74) is 0.820. The van der Waals surface area contributed by atoms with Gasteiger partial charge in [-0.2, -0.15) is 0 Å². The maximum atomic E-state index is 13.2. The lowest BCUT2D eigenvalue weighted by molar-refractivity contribution is -0.142. The number of benzene rings is 2. The Morgan fingerprint density at radius 3 is 2.46 bits per heavy atom. The average molecular weight is 548 g/mol. The molecule has 1 atom stereocenters. The van der Waals surface area contributed by atoms with Gasteiger partial charge in [0.1, 0.15) is 11.5 Å². The molecule has 5 rings (SSSR count). The molecule has 0 radical (unpaired) electrons. The van der Waals surface area contributed by atoms with E-state index in [-0.39, 0.29) is 30.2 Å². The number of methoxy groups -OCH3 is 1. The van der Waals surface area contributed by atoms with Crippen LogP contribution in [0, 0.1) is 0 Å². The standard InChI is InChI=1S/C28H29N5O5S/c1-20-17-31(14-15-32(20)25(34)18-38-23-7-4-3-5-8-23)26(35)19-39-28-30-29-27(24-9-6-16-37-24)33(28)21-10-12-22(36-2)13-11-21/h3-13,16,20H,14-15,17-19H2,1-2H3. The minimum atomic E-state index is -0.118. The minimum absolute atomic E-state index is 0.0247. The molecule has 3 heterocycles. The molecular formula is C28H29N5O5S. The van der Waals surface area contributed by atoms with E-state index >= 15 is 0 Å². The van der Waals surface area contributed by atoms with Crippen LogP contribution >= 0.6 is 11.8 Å². The van der Waals surface area contributed by atoms with Crippen molar-refractivity contribution in [2.45, 2.75) is 18.1 Å². The molecule has 0 saturated carbocycles. The molecule has 0 bridgehead atoms. The number of carbonyl (C=O) groups is 2. The molecule has 0 aliphatic carbocycles. The van der Waals surface area contributed by atoms with Crippen LogP contribution in [0.5, 0.6) is 11.5 Å².